The van der Waals surface area contributed by atoms with E-state index in [2.05, 4.69) is 30.8 Å². The molecule has 1 aromatic heterocycles. The molecule has 1 amide bonds. The zero-order valence-corrected chi connectivity index (χ0v) is 18.8. The van der Waals surface area contributed by atoms with Crippen molar-refractivity contribution in [2.24, 2.45) is 11.3 Å². The summed E-state index contributed by atoms with van der Waals surface area (Å²) in [7, 11) is 0. The van der Waals surface area contributed by atoms with Crippen molar-refractivity contribution in [1.82, 2.24) is 15.0 Å². The van der Waals surface area contributed by atoms with Gasteiger partial charge in [-0.05, 0) is 41.9 Å². The molecule has 1 saturated heterocycles. The highest BCUT2D eigenvalue weighted by atomic mass is 35.5. The van der Waals surface area contributed by atoms with E-state index in [0.717, 1.165) is 55.8 Å². The molecule has 0 radical (unpaired) electrons. The van der Waals surface area contributed by atoms with Gasteiger partial charge in [-0.1, -0.05) is 38.1 Å². The number of piperazine rings is 1. The number of aryl methyl sites for hydroxylation is 1. The van der Waals surface area contributed by atoms with Crippen LogP contribution in [0.2, 0.25) is 0 Å². The Bertz CT molecular complexity index is 868. The maximum absolute atomic E-state index is 13.1. The Kier molecular flexibility index (Phi) is 6.88. The number of rotatable bonds is 3. The van der Waals surface area contributed by atoms with Crippen molar-refractivity contribution in [1.29, 1.82) is 0 Å². The van der Waals surface area contributed by atoms with E-state index in [1.165, 1.54) is 12.1 Å². The number of carbonyl (C=O) groups excluding carboxylic acids is 1. The van der Waals surface area contributed by atoms with Gasteiger partial charge in [0.15, 0.2) is 5.69 Å². The fourth-order valence-corrected chi connectivity index (χ4v) is 4.42. The first-order valence-corrected chi connectivity index (χ1v) is 10.5. The number of fused-ring (bicyclic) bond motifs is 1. The Labute approximate surface area is 184 Å². The van der Waals surface area contributed by atoms with Gasteiger partial charge < -0.3 is 9.42 Å². The summed E-state index contributed by atoms with van der Waals surface area (Å²) < 4.78 is 18.6. The number of hydrogen-bond acceptors (Lipinski definition) is 4. The van der Waals surface area contributed by atoms with Crippen molar-refractivity contribution in [3.05, 3.63) is 52.7 Å². The van der Waals surface area contributed by atoms with Crippen molar-refractivity contribution >= 4 is 18.3 Å². The molecule has 164 valence electrons. The lowest BCUT2D eigenvalue weighted by molar-refractivity contribution is 0.0617. The largest absolute Gasteiger partial charge is 0.360 e. The highest BCUT2D eigenvalue weighted by Crippen LogP contribution is 2.38. The van der Waals surface area contributed by atoms with Gasteiger partial charge in [-0.2, -0.15) is 0 Å². The molecule has 1 fully saturated rings. The molecule has 1 aliphatic carbocycles. The molecular formula is C23H31ClFN3O2. The van der Waals surface area contributed by atoms with Crippen LogP contribution in [0.5, 0.6) is 0 Å². The summed E-state index contributed by atoms with van der Waals surface area (Å²) in [5, 5.41) is 4.17. The molecule has 2 aliphatic rings. The molecule has 0 spiro atoms. The second-order valence-corrected chi connectivity index (χ2v) is 9.43. The van der Waals surface area contributed by atoms with Gasteiger partial charge in [-0.15, -0.1) is 12.4 Å². The summed E-state index contributed by atoms with van der Waals surface area (Å²) in [6.07, 6.45) is 2.82. The van der Waals surface area contributed by atoms with Crippen molar-refractivity contribution in [2.75, 3.05) is 26.2 Å². The zero-order chi connectivity index (χ0) is 20.6. The Morgan fingerprint density at radius 2 is 1.83 bits per heavy atom. The third-order valence-corrected chi connectivity index (χ3v) is 6.45. The van der Waals surface area contributed by atoms with Gasteiger partial charge in [0.2, 0.25) is 0 Å². The van der Waals surface area contributed by atoms with Crippen LogP contribution in [0, 0.1) is 17.2 Å². The van der Waals surface area contributed by atoms with Crippen LogP contribution >= 0.6 is 12.4 Å². The number of hydrogen-bond donors (Lipinski definition) is 0. The van der Waals surface area contributed by atoms with Crippen molar-refractivity contribution in [3.8, 4) is 0 Å². The summed E-state index contributed by atoms with van der Waals surface area (Å²) in [5.41, 5.74) is 2.84. The third-order valence-electron chi connectivity index (χ3n) is 6.45. The van der Waals surface area contributed by atoms with E-state index in [4.69, 9.17) is 4.52 Å². The van der Waals surface area contributed by atoms with E-state index in [-0.39, 0.29) is 29.5 Å². The van der Waals surface area contributed by atoms with Crippen LogP contribution < -0.4 is 0 Å². The van der Waals surface area contributed by atoms with E-state index in [0.29, 0.717) is 24.7 Å². The summed E-state index contributed by atoms with van der Waals surface area (Å²) >= 11 is 0. The van der Waals surface area contributed by atoms with Gasteiger partial charge in [0, 0.05) is 44.7 Å². The Morgan fingerprint density at radius 3 is 2.47 bits per heavy atom. The molecule has 2 heterocycles. The molecule has 4 rings (SSSR count). The maximum atomic E-state index is 13.1. The average molecular weight is 436 g/mol. The molecule has 30 heavy (non-hydrogen) atoms. The topological polar surface area (TPSA) is 49.6 Å². The fraction of sp³-hybridized carbons (Fsp3) is 0.565. The lowest BCUT2D eigenvalue weighted by Crippen LogP contribution is -2.48. The normalized spacial score (nSPS) is 19.9. The average Bonchev–Trinajstić information content (AvgIpc) is 3.12. The first kappa shape index (κ1) is 22.8. The summed E-state index contributed by atoms with van der Waals surface area (Å²) in [4.78, 5) is 17.3. The number of benzene rings is 1. The van der Waals surface area contributed by atoms with E-state index in [1.807, 2.05) is 17.0 Å². The highest BCUT2D eigenvalue weighted by Gasteiger charge is 2.35. The summed E-state index contributed by atoms with van der Waals surface area (Å²) in [6.45, 7) is 10.5. The highest BCUT2D eigenvalue weighted by molar-refractivity contribution is 5.94. The minimum atomic E-state index is -0.214. The fourth-order valence-electron chi connectivity index (χ4n) is 4.42. The predicted octanol–water partition coefficient (Wildman–Crippen LogP) is 4.34. The van der Waals surface area contributed by atoms with Gasteiger partial charge in [0.05, 0.1) is 0 Å². The quantitative estimate of drug-likeness (QED) is 0.719. The van der Waals surface area contributed by atoms with Gasteiger partial charge in [-0.3, -0.25) is 9.69 Å². The lowest BCUT2D eigenvalue weighted by Gasteiger charge is -2.35. The number of halogens is 2. The molecular weight excluding hydrogens is 405 g/mol. The van der Waals surface area contributed by atoms with Crippen molar-refractivity contribution in [2.45, 2.75) is 46.6 Å². The molecule has 2 aromatic rings. The van der Waals surface area contributed by atoms with Crippen LogP contribution in [0.1, 0.15) is 54.6 Å². The Morgan fingerprint density at radius 1 is 1.17 bits per heavy atom. The Balaban J connectivity index is 0.00000256. The van der Waals surface area contributed by atoms with Crippen LogP contribution in [0.15, 0.2) is 28.8 Å². The second-order valence-electron chi connectivity index (χ2n) is 9.43. The minimum absolute atomic E-state index is 0. The number of amides is 1. The molecule has 1 aliphatic heterocycles. The standard InChI is InChI=1S/C23H30FN3O2.ClH/c1-23(2,3)17-6-9-20-19(14-17)21(25-29-20)22(28)27-12-10-26(11-13-27)15-16-4-7-18(24)8-5-16;/h4-5,7-8,17H,6,9-15H2,1-3H3;1H. The van der Waals surface area contributed by atoms with Crippen molar-refractivity contribution in [3.63, 3.8) is 0 Å². The lowest BCUT2D eigenvalue weighted by atomic mass is 9.71. The van der Waals surface area contributed by atoms with Crippen LogP contribution in [0.25, 0.3) is 0 Å². The van der Waals surface area contributed by atoms with E-state index >= 15 is 0 Å². The molecule has 1 unspecified atom stereocenters. The SMILES string of the molecule is CC(C)(C)C1CCc2onc(C(=O)N3CCN(Cc4ccc(F)cc4)CC3)c2C1.Cl. The molecule has 0 N–H and O–H groups in total. The number of nitrogens with zero attached hydrogens (tertiary/aromatic N) is 3. The molecule has 5 nitrogen and oxygen atoms in total. The Hall–Kier alpha value is -1.92. The van der Waals surface area contributed by atoms with E-state index in [9.17, 15) is 9.18 Å². The van der Waals surface area contributed by atoms with Crippen molar-refractivity contribution < 1.29 is 13.7 Å². The first-order valence-electron chi connectivity index (χ1n) is 10.5. The van der Waals surface area contributed by atoms with Gasteiger partial charge >= 0.3 is 0 Å². The monoisotopic (exact) mass is 435 g/mol. The third kappa shape index (κ3) is 4.86. The van der Waals surface area contributed by atoms with Gasteiger partial charge in [0.1, 0.15) is 11.6 Å². The molecule has 7 heteroatoms. The van der Waals surface area contributed by atoms with E-state index < -0.39 is 0 Å². The van der Waals surface area contributed by atoms with Crippen LogP contribution in [0.3, 0.4) is 0 Å². The summed E-state index contributed by atoms with van der Waals surface area (Å²) in [6, 6.07) is 6.63. The van der Waals surface area contributed by atoms with Gasteiger partial charge in [0.25, 0.3) is 5.91 Å². The van der Waals surface area contributed by atoms with Crippen LogP contribution in [-0.2, 0) is 19.4 Å². The number of carbonyl (C=O) groups is 1. The maximum Gasteiger partial charge on any atom is 0.276 e. The van der Waals surface area contributed by atoms with Gasteiger partial charge in [-0.25, -0.2) is 4.39 Å². The second kappa shape index (κ2) is 9.06. The first-order chi connectivity index (χ1) is 13.8. The van der Waals surface area contributed by atoms with E-state index in [1.54, 1.807) is 0 Å². The smallest absolute Gasteiger partial charge is 0.276 e. The molecule has 0 saturated carbocycles. The molecule has 0 bridgehead atoms. The summed E-state index contributed by atoms with van der Waals surface area (Å²) in [5.74, 6) is 1.21. The molecule has 1 aromatic carbocycles. The number of aromatic nitrogens is 1. The van der Waals surface area contributed by atoms with Crippen LogP contribution in [0.4, 0.5) is 4.39 Å². The minimum Gasteiger partial charge on any atom is -0.360 e. The molecule has 1 atom stereocenters. The van der Waals surface area contributed by atoms with Crippen LogP contribution in [-0.4, -0.2) is 47.0 Å². The zero-order valence-electron chi connectivity index (χ0n) is 18.0. The predicted molar refractivity (Wildman–Crippen MR) is 116 cm³/mol.